The lowest BCUT2D eigenvalue weighted by atomic mass is 9.92. The SMILES string of the molecule is CCN(CC(=O)Nc1cc(C(C)(C)C)nn1C(C)(C)C)C(=O)Nc1ccc(Br)cc1. The van der Waals surface area contributed by atoms with Gasteiger partial charge in [-0.2, -0.15) is 5.10 Å². The van der Waals surface area contributed by atoms with E-state index in [1.54, 1.807) is 12.1 Å². The summed E-state index contributed by atoms with van der Waals surface area (Å²) in [5.41, 5.74) is 1.13. The Morgan fingerprint density at radius 1 is 1.07 bits per heavy atom. The van der Waals surface area contributed by atoms with Gasteiger partial charge >= 0.3 is 6.03 Å². The minimum atomic E-state index is -0.324. The Hall–Kier alpha value is -2.35. The Bertz CT molecular complexity index is 892. The van der Waals surface area contributed by atoms with Crippen LogP contribution in [0.2, 0.25) is 0 Å². The predicted molar refractivity (Wildman–Crippen MR) is 125 cm³/mol. The zero-order chi connectivity index (χ0) is 22.7. The number of aromatic nitrogens is 2. The molecule has 7 nitrogen and oxygen atoms in total. The van der Waals surface area contributed by atoms with Gasteiger partial charge in [-0.1, -0.05) is 36.7 Å². The minimum absolute atomic E-state index is 0.0565. The summed E-state index contributed by atoms with van der Waals surface area (Å²) >= 11 is 3.37. The lowest BCUT2D eigenvalue weighted by Crippen LogP contribution is -2.41. The Morgan fingerprint density at radius 2 is 1.67 bits per heavy atom. The van der Waals surface area contributed by atoms with Crippen LogP contribution in [0.15, 0.2) is 34.8 Å². The third-order valence-corrected chi connectivity index (χ3v) is 5.01. The van der Waals surface area contributed by atoms with Gasteiger partial charge in [0, 0.05) is 28.2 Å². The molecule has 1 heterocycles. The average Bonchev–Trinajstić information content (AvgIpc) is 3.06. The van der Waals surface area contributed by atoms with Gasteiger partial charge in [-0.15, -0.1) is 0 Å². The number of carbonyl (C=O) groups is 2. The number of hydrogen-bond donors (Lipinski definition) is 2. The highest BCUT2D eigenvalue weighted by Crippen LogP contribution is 2.28. The fourth-order valence-corrected chi connectivity index (χ4v) is 3.03. The van der Waals surface area contributed by atoms with Crippen LogP contribution in [0.1, 0.15) is 54.2 Å². The molecule has 0 saturated heterocycles. The molecular weight excluding hydrogens is 446 g/mol. The van der Waals surface area contributed by atoms with E-state index in [1.165, 1.54) is 4.90 Å². The zero-order valence-corrected chi connectivity index (χ0v) is 20.4. The van der Waals surface area contributed by atoms with Crippen molar-refractivity contribution in [2.45, 2.75) is 59.4 Å². The van der Waals surface area contributed by atoms with E-state index in [-0.39, 0.29) is 29.4 Å². The Kier molecular flexibility index (Phi) is 7.34. The number of urea groups is 1. The summed E-state index contributed by atoms with van der Waals surface area (Å²) in [6.45, 7) is 14.5. The van der Waals surface area contributed by atoms with Crippen LogP contribution in [-0.4, -0.2) is 39.7 Å². The highest BCUT2D eigenvalue weighted by atomic mass is 79.9. The summed E-state index contributed by atoms with van der Waals surface area (Å²) in [6.07, 6.45) is 0. The second-order valence-corrected chi connectivity index (χ2v) is 10.2. The van der Waals surface area contributed by atoms with E-state index < -0.39 is 0 Å². The summed E-state index contributed by atoms with van der Waals surface area (Å²) < 4.78 is 2.75. The second-order valence-electron chi connectivity index (χ2n) is 9.25. The highest BCUT2D eigenvalue weighted by Gasteiger charge is 2.26. The first kappa shape index (κ1) is 23.9. The number of nitrogens with one attached hydrogen (secondary N) is 2. The van der Waals surface area contributed by atoms with Crippen molar-refractivity contribution in [3.05, 3.63) is 40.5 Å². The van der Waals surface area contributed by atoms with Crippen molar-refractivity contribution >= 4 is 39.4 Å². The van der Waals surface area contributed by atoms with Crippen molar-refractivity contribution in [2.24, 2.45) is 0 Å². The number of carbonyl (C=O) groups excluding carboxylic acids is 2. The molecule has 1 aromatic heterocycles. The zero-order valence-electron chi connectivity index (χ0n) is 18.8. The number of halogens is 1. The summed E-state index contributed by atoms with van der Waals surface area (Å²) in [5, 5.41) is 10.5. The van der Waals surface area contributed by atoms with E-state index in [2.05, 4.69) is 47.3 Å². The van der Waals surface area contributed by atoms with Crippen LogP contribution < -0.4 is 10.6 Å². The Labute approximate surface area is 187 Å². The van der Waals surface area contributed by atoms with Crippen LogP contribution in [0.25, 0.3) is 0 Å². The van der Waals surface area contributed by atoms with E-state index >= 15 is 0 Å². The number of anilines is 2. The van der Waals surface area contributed by atoms with Gasteiger partial charge in [0.05, 0.1) is 11.2 Å². The molecule has 1 aromatic carbocycles. The number of likely N-dealkylation sites (N-methyl/N-ethyl adjacent to an activating group) is 1. The van der Waals surface area contributed by atoms with Gasteiger partial charge < -0.3 is 15.5 Å². The number of benzene rings is 1. The Morgan fingerprint density at radius 3 is 2.17 bits per heavy atom. The van der Waals surface area contributed by atoms with Crippen molar-refractivity contribution < 1.29 is 9.59 Å². The van der Waals surface area contributed by atoms with Gasteiger partial charge in [-0.3, -0.25) is 4.79 Å². The summed E-state index contributed by atoms with van der Waals surface area (Å²) in [6, 6.07) is 8.87. The first-order valence-electron chi connectivity index (χ1n) is 10.0. The molecule has 2 aromatic rings. The number of rotatable bonds is 5. The predicted octanol–water partition coefficient (Wildman–Crippen LogP) is 5.19. The summed E-state index contributed by atoms with van der Waals surface area (Å²) in [5.74, 6) is 0.357. The molecule has 8 heteroatoms. The third-order valence-electron chi connectivity index (χ3n) is 4.48. The van der Waals surface area contributed by atoms with Crippen LogP contribution in [0.3, 0.4) is 0 Å². The van der Waals surface area contributed by atoms with E-state index in [1.807, 2.05) is 50.6 Å². The van der Waals surface area contributed by atoms with Gasteiger partial charge in [-0.25, -0.2) is 9.48 Å². The van der Waals surface area contributed by atoms with Crippen molar-refractivity contribution in [3.8, 4) is 0 Å². The molecule has 0 bridgehead atoms. The van der Waals surface area contributed by atoms with Crippen molar-refractivity contribution in [2.75, 3.05) is 23.7 Å². The number of nitrogens with zero attached hydrogens (tertiary/aromatic N) is 3. The van der Waals surface area contributed by atoms with Gasteiger partial charge in [0.15, 0.2) is 0 Å². The monoisotopic (exact) mass is 477 g/mol. The molecule has 30 heavy (non-hydrogen) atoms. The molecule has 0 aliphatic carbocycles. The molecule has 0 radical (unpaired) electrons. The van der Waals surface area contributed by atoms with E-state index in [0.29, 0.717) is 18.1 Å². The van der Waals surface area contributed by atoms with Crippen LogP contribution >= 0.6 is 15.9 Å². The van der Waals surface area contributed by atoms with Crippen LogP contribution in [0, 0.1) is 0 Å². The van der Waals surface area contributed by atoms with Gasteiger partial charge in [-0.05, 0) is 52.0 Å². The van der Waals surface area contributed by atoms with E-state index in [9.17, 15) is 9.59 Å². The molecule has 0 spiro atoms. The maximum atomic E-state index is 12.7. The lowest BCUT2D eigenvalue weighted by molar-refractivity contribution is -0.116. The lowest BCUT2D eigenvalue weighted by Gasteiger charge is -2.24. The first-order valence-corrected chi connectivity index (χ1v) is 10.8. The van der Waals surface area contributed by atoms with Gasteiger partial charge in [0.2, 0.25) is 5.91 Å². The Balaban J connectivity index is 2.12. The largest absolute Gasteiger partial charge is 0.322 e. The second kappa shape index (κ2) is 9.20. The van der Waals surface area contributed by atoms with Gasteiger partial charge in [0.25, 0.3) is 0 Å². The molecule has 2 N–H and O–H groups in total. The third kappa shape index (κ3) is 6.32. The van der Waals surface area contributed by atoms with Crippen LogP contribution in [0.5, 0.6) is 0 Å². The molecule has 0 atom stereocenters. The molecular formula is C22H32BrN5O2. The van der Waals surface area contributed by atoms with Crippen LogP contribution in [-0.2, 0) is 15.7 Å². The standard InChI is InChI=1S/C22H32BrN5O2/c1-8-27(20(30)24-16-11-9-15(23)10-12-16)14-19(29)25-18-13-17(21(2,3)4)26-28(18)22(5,6)7/h9-13H,8,14H2,1-7H3,(H,24,30)(H,25,29). The number of hydrogen-bond acceptors (Lipinski definition) is 3. The van der Waals surface area contributed by atoms with E-state index in [0.717, 1.165) is 10.2 Å². The molecule has 2 rings (SSSR count). The fraction of sp³-hybridized carbons (Fsp3) is 0.500. The van der Waals surface area contributed by atoms with Crippen molar-refractivity contribution in [1.29, 1.82) is 0 Å². The maximum absolute atomic E-state index is 12.7. The van der Waals surface area contributed by atoms with Crippen LogP contribution in [0.4, 0.5) is 16.3 Å². The molecule has 0 fully saturated rings. The molecule has 0 aliphatic heterocycles. The fourth-order valence-electron chi connectivity index (χ4n) is 2.77. The molecule has 0 unspecified atom stereocenters. The topological polar surface area (TPSA) is 79.3 Å². The molecule has 0 saturated carbocycles. The number of amides is 3. The highest BCUT2D eigenvalue weighted by molar-refractivity contribution is 9.10. The minimum Gasteiger partial charge on any atom is -0.315 e. The van der Waals surface area contributed by atoms with Crippen molar-refractivity contribution in [1.82, 2.24) is 14.7 Å². The van der Waals surface area contributed by atoms with Gasteiger partial charge in [0.1, 0.15) is 12.4 Å². The van der Waals surface area contributed by atoms with Crippen molar-refractivity contribution in [3.63, 3.8) is 0 Å². The normalized spacial score (nSPS) is 11.9. The molecule has 3 amide bonds. The van der Waals surface area contributed by atoms with E-state index in [4.69, 9.17) is 5.10 Å². The maximum Gasteiger partial charge on any atom is 0.322 e. The summed E-state index contributed by atoms with van der Waals surface area (Å²) in [4.78, 5) is 26.8. The summed E-state index contributed by atoms with van der Waals surface area (Å²) in [7, 11) is 0. The smallest absolute Gasteiger partial charge is 0.315 e. The quantitative estimate of drug-likeness (QED) is 0.621. The average molecular weight is 478 g/mol. The first-order chi connectivity index (χ1) is 13.8. The molecule has 0 aliphatic rings. The molecule has 164 valence electrons.